The Hall–Kier alpha value is -3.72. The second kappa shape index (κ2) is 10.4. The van der Waals surface area contributed by atoms with Crippen molar-refractivity contribution >= 4 is 23.3 Å². The van der Waals surface area contributed by atoms with E-state index in [0.29, 0.717) is 5.56 Å². The Bertz CT molecular complexity index is 1110. The molecule has 0 aliphatic heterocycles. The van der Waals surface area contributed by atoms with Crippen molar-refractivity contribution in [3.8, 4) is 0 Å². The van der Waals surface area contributed by atoms with Crippen LogP contribution in [0.1, 0.15) is 21.5 Å². The molecule has 3 aromatic carbocycles. The molecule has 156 valence electrons. The summed E-state index contributed by atoms with van der Waals surface area (Å²) in [7, 11) is 8.07. The number of hydrogen-bond acceptors (Lipinski definition) is 2. The normalized spacial score (nSPS) is 12.1. The zero-order chi connectivity index (χ0) is 22.2. The summed E-state index contributed by atoms with van der Waals surface area (Å²) in [5.41, 5.74) is 5.67. The molecular formula is C28H29N2O+. The molecule has 0 spiro atoms. The van der Waals surface area contributed by atoms with E-state index in [2.05, 4.69) is 23.2 Å². The molecule has 0 aromatic heterocycles. The fourth-order valence-electron chi connectivity index (χ4n) is 3.52. The Morgan fingerprint density at radius 1 is 0.710 bits per heavy atom. The van der Waals surface area contributed by atoms with Crippen LogP contribution in [0.3, 0.4) is 0 Å². The van der Waals surface area contributed by atoms with Crippen LogP contribution in [-0.2, 0) is 0 Å². The Balaban J connectivity index is 2.33. The van der Waals surface area contributed by atoms with Crippen LogP contribution in [0.2, 0.25) is 0 Å². The molecule has 0 amide bonds. The van der Waals surface area contributed by atoms with Gasteiger partial charge in [-0.1, -0.05) is 91.0 Å². The SMILES string of the molecule is CN(C)/C(=C(C=[N+](C)C)\C(=C\C(=O)c1ccccc1)c1ccccc1)c1ccccc1. The second-order valence-electron chi connectivity index (χ2n) is 7.77. The van der Waals surface area contributed by atoms with Gasteiger partial charge in [-0.15, -0.1) is 0 Å². The van der Waals surface area contributed by atoms with E-state index >= 15 is 0 Å². The number of nitrogens with zero attached hydrogens (tertiary/aromatic N) is 2. The summed E-state index contributed by atoms with van der Waals surface area (Å²) in [6, 6.07) is 29.8. The Morgan fingerprint density at radius 3 is 1.61 bits per heavy atom. The molecule has 0 unspecified atom stereocenters. The molecule has 3 heteroatoms. The average Bonchev–Trinajstić information content (AvgIpc) is 2.78. The first-order chi connectivity index (χ1) is 15.0. The Labute approximate surface area is 185 Å². The van der Waals surface area contributed by atoms with Crippen molar-refractivity contribution in [1.29, 1.82) is 0 Å². The van der Waals surface area contributed by atoms with Gasteiger partial charge in [0.25, 0.3) is 0 Å². The standard InChI is InChI=1S/C28H29N2O/c1-29(2)21-26(28(30(3)4)24-18-12-7-13-19-24)25(22-14-8-5-9-15-22)20-27(31)23-16-10-6-11-17-23/h5-21H,1-4H3/q+1/b25-20+. The van der Waals surface area contributed by atoms with Crippen LogP contribution < -0.4 is 0 Å². The summed E-state index contributed by atoms with van der Waals surface area (Å²) >= 11 is 0. The molecule has 0 atom stereocenters. The number of allylic oxidation sites excluding steroid dienone is 3. The maximum Gasteiger partial charge on any atom is 0.186 e. The summed E-state index contributed by atoms with van der Waals surface area (Å²) in [5, 5.41) is 0. The first-order valence-corrected chi connectivity index (χ1v) is 10.3. The third-order valence-corrected chi connectivity index (χ3v) is 4.85. The van der Waals surface area contributed by atoms with E-state index in [9.17, 15) is 4.79 Å². The Morgan fingerprint density at radius 2 is 1.16 bits per heavy atom. The molecule has 0 aliphatic rings. The molecule has 0 heterocycles. The molecule has 31 heavy (non-hydrogen) atoms. The van der Waals surface area contributed by atoms with Gasteiger partial charge in [0.1, 0.15) is 14.1 Å². The molecular weight excluding hydrogens is 380 g/mol. The van der Waals surface area contributed by atoms with Crippen molar-refractivity contribution in [1.82, 2.24) is 4.90 Å². The van der Waals surface area contributed by atoms with Gasteiger partial charge in [-0.05, 0) is 17.2 Å². The molecule has 0 saturated carbocycles. The van der Waals surface area contributed by atoms with E-state index in [0.717, 1.165) is 28.0 Å². The van der Waals surface area contributed by atoms with Crippen molar-refractivity contribution in [2.75, 3.05) is 28.2 Å². The quantitative estimate of drug-likeness (QED) is 0.174. The van der Waals surface area contributed by atoms with E-state index in [-0.39, 0.29) is 5.78 Å². The minimum absolute atomic E-state index is 0.0183. The smallest absolute Gasteiger partial charge is 0.186 e. The summed E-state index contributed by atoms with van der Waals surface area (Å²) in [4.78, 5) is 15.3. The summed E-state index contributed by atoms with van der Waals surface area (Å²) in [6.45, 7) is 0. The number of carbonyl (C=O) groups is 1. The van der Waals surface area contributed by atoms with Gasteiger partial charge in [0.05, 0.1) is 11.3 Å². The molecule has 0 fully saturated rings. The van der Waals surface area contributed by atoms with Crippen LogP contribution in [0.15, 0.2) is 103 Å². The number of hydrogen-bond donors (Lipinski definition) is 0. The number of rotatable bonds is 7. The van der Waals surface area contributed by atoms with Gasteiger partial charge in [0.15, 0.2) is 12.0 Å². The highest BCUT2D eigenvalue weighted by molar-refractivity contribution is 6.16. The van der Waals surface area contributed by atoms with Crippen molar-refractivity contribution in [2.24, 2.45) is 0 Å². The molecule has 0 radical (unpaired) electrons. The highest BCUT2D eigenvalue weighted by atomic mass is 16.1. The van der Waals surface area contributed by atoms with E-state index in [1.165, 1.54) is 0 Å². The zero-order valence-corrected chi connectivity index (χ0v) is 18.6. The van der Waals surface area contributed by atoms with Crippen LogP contribution in [0.25, 0.3) is 11.3 Å². The first kappa shape index (κ1) is 22.0. The minimum atomic E-state index is -0.0183. The van der Waals surface area contributed by atoms with E-state index < -0.39 is 0 Å². The van der Waals surface area contributed by atoms with Crippen molar-refractivity contribution < 1.29 is 9.37 Å². The van der Waals surface area contributed by atoms with Gasteiger partial charge in [0.2, 0.25) is 0 Å². The lowest BCUT2D eigenvalue weighted by Crippen LogP contribution is -2.16. The largest absolute Gasteiger partial charge is 0.376 e. The summed E-state index contributed by atoms with van der Waals surface area (Å²) in [6.07, 6.45) is 3.84. The summed E-state index contributed by atoms with van der Waals surface area (Å²) in [5.74, 6) is -0.0183. The zero-order valence-electron chi connectivity index (χ0n) is 18.6. The van der Waals surface area contributed by atoms with Gasteiger partial charge >= 0.3 is 0 Å². The molecule has 3 rings (SSSR count). The van der Waals surface area contributed by atoms with E-state index in [1.54, 1.807) is 6.08 Å². The fourth-order valence-corrected chi connectivity index (χ4v) is 3.52. The topological polar surface area (TPSA) is 23.3 Å². The maximum atomic E-state index is 13.2. The first-order valence-electron chi connectivity index (χ1n) is 10.3. The van der Waals surface area contributed by atoms with Crippen molar-refractivity contribution in [3.05, 3.63) is 119 Å². The van der Waals surface area contributed by atoms with Crippen LogP contribution in [-0.4, -0.2) is 49.7 Å². The minimum Gasteiger partial charge on any atom is -0.376 e. The number of benzene rings is 3. The maximum absolute atomic E-state index is 13.2. The highest BCUT2D eigenvalue weighted by Crippen LogP contribution is 2.31. The van der Waals surface area contributed by atoms with Crippen LogP contribution in [0.5, 0.6) is 0 Å². The van der Waals surface area contributed by atoms with Crippen LogP contribution in [0.4, 0.5) is 0 Å². The van der Waals surface area contributed by atoms with Gasteiger partial charge in [-0.2, -0.15) is 0 Å². The number of ketones is 1. The van der Waals surface area contributed by atoms with Gasteiger partial charge in [-0.25, -0.2) is 4.58 Å². The van der Waals surface area contributed by atoms with Crippen LogP contribution in [0, 0.1) is 0 Å². The summed E-state index contributed by atoms with van der Waals surface area (Å²) < 4.78 is 2.02. The van der Waals surface area contributed by atoms with E-state index in [4.69, 9.17) is 0 Å². The fraction of sp³-hybridized carbons (Fsp3) is 0.143. The monoisotopic (exact) mass is 409 g/mol. The molecule has 0 N–H and O–H groups in total. The van der Waals surface area contributed by atoms with Crippen molar-refractivity contribution in [3.63, 3.8) is 0 Å². The molecule has 0 bridgehead atoms. The van der Waals surface area contributed by atoms with Gasteiger partial charge < -0.3 is 4.90 Å². The lowest BCUT2D eigenvalue weighted by Gasteiger charge is -2.22. The molecule has 3 aromatic rings. The average molecular weight is 410 g/mol. The highest BCUT2D eigenvalue weighted by Gasteiger charge is 2.20. The third kappa shape index (κ3) is 5.67. The second-order valence-corrected chi connectivity index (χ2v) is 7.77. The lowest BCUT2D eigenvalue weighted by molar-refractivity contribution is -0.458. The molecule has 0 aliphatic carbocycles. The molecule has 0 saturated heterocycles. The lowest BCUT2D eigenvalue weighted by atomic mass is 9.92. The third-order valence-electron chi connectivity index (χ3n) is 4.85. The van der Waals surface area contributed by atoms with E-state index in [1.807, 2.05) is 112 Å². The molecule has 3 nitrogen and oxygen atoms in total. The van der Waals surface area contributed by atoms with Gasteiger partial charge in [0, 0.05) is 25.2 Å². The van der Waals surface area contributed by atoms with Crippen molar-refractivity contribution in [2.45, 2.75) is 0 Å². The number of carbonyl (C=O) groups excluding carboxylic acids is 1. The Kier molecular flexibility index (Phi) is 7.34. The van der Waals surface area contributed by atoms with Gasteiger partial charge in [-0.3, -0.25) is 4.79 Å². The predicted molar refractivity (Wildman–Crippen MR) is 130 cm³/mol. The van der Waals surface area contributed by atoms with Crippen LogP contribution >= 0.6 is 0 Å². The predicted octanol–water partition coefficient (Wildman–Crippen LogP) is 5.27.